The molecule has 19 heavy (non-hydrogen) atoms. The molecule has 0 saturated heterocycles. The Hall–Kier alpha value is -1.27. The fourth-order valence-electron chi connectivity index (χ4n) is 2.01. The molecule has 0 saturated carbocycles. The van der Waals surface area contributed by atoms with Crippen molar-refractivity contribution in [3.8, 4) is 0 Å². The number of anilines is 2. The molecular formula is C13H26N4O2. The molecule has 1 heterocycles. The molecule has 0 radical (unpaired) electrons. The number of aromatic nitrogens is 2. The third-order valence-electron chi connectivity index (χ3n) is 3.00. The molecule has 0 aliphatic carbocycles. The summed E-state index contributed by atoms with van der Waals surface area (Å²) in [5.41, 5.74) is 6.38. The summed E-state index contributed by atoms with van der Waals surface area (Å²) in [5, 5.41) is 26.8. The fraction of sp³-hybridized carbons (Fsp3) is 0.769. The number of hydrogen-bond donors (Lipinski definition) is 4. The average Bonchev–Trinajstić information content (AvgIpc) is 2.68. The molecule has 0 aromatic carbocycles. The van der Waals surface area contributed by atoms with Gasteiger partial charge in [-0.25, -0.2) is 4.68 Å². The van der Waals surface area contributed by atoms with Crippen molar-refractivity contribution in [1.82, 2.24) is 9.78 Å². The molecule has 1 rings (SSSR count). The first-order valence-corrected chi connectivity index (χ1v) is 6.99. The lowest BCUT2D eigenvalue weighted by molar-refractivity contribution is 0.139. The van der Waals surface area contributed by atoms with Crippen LogP contribution in [0.15, 0.2) is 6.20 Å². The first kappa shape index (κ1) is 15.8. The van der Waals surface area contributed by atoms with Crippen LogP contribution in [0.5, 0.6) is 0 Å². The van der Waals surface area contributed by atoms with Gasteiger partial charge in [0.2, 0.25) is 0 Å². The van der Waals surface area contributed by atoms with Crippen LogP contribution in [-0.4, -0.2) is 38.7 Å². The predicted molar refractivity (Wildman–Crippen MR) is 77.0 cm³/mol. The van der Waals surface area contributed by atoms with Crippen LogP contribution in [0.2, 0.25) is 0 Å². The highest BCUT2D eigenvalue weighted by Gasteiger charge is 2.13. The van der Waals surface area contributed by atoms with Gasteiger partial charge in [-0.1, -0.05) is 26.7 Å². The van der Waals surface area contributed by atoms with Gasteiger partial charge in [-0.2, -0.15) is 5.10 Å². The minimum atomic E-state index is -0.426. The average molecular weight is 270 g/mol. The molecule has 0 spiro atoms. The molecule has 6 nitrogen and oxygen atoms in total. The summed E-state index contributed by atoms with van der Waals surface area (Å²) in [7, 11) is 0. The topological polar surface area (TPSA) is 96.3 Å². The number of aliphatic hydroxyl groups excluding tert-OH is 2. The summed E-state index contributed by atoms with van der Waals surface area (Å²) >= 11 is 0. The Kier molecular flexibility index (Phi) is 6.66. The monoisotopic (exact) mass is 270 g/mol. The molecule has 0 aliphatic rings. The Morgan fingerprint density at radius 1 is 1.26 bits per heavy atom. The van der Waals surface area contributed by atoms with E-state index in [1.165, 1.54) is 0 Å². The van der Waals surface area contributed by atoms with Crippen LogP contribution in [-0.2, 0) is 6.54 Å². The zero-order valence-electron chi connectivity index (χ0n) is 11.8. The largest absolute Gasteiger partial charge is 0.394 e. The van der Waals surface area contributed by atoms with Gasteiger partial charge in [0.15, 0.2) is 0 Å². The number of nitrogens with one attached hydrogen (secondary N) is 1. The molecule has 1 aromatic heterocycles. The van der Waals surface area contributed by atoms with Crippen molar-refractivity contribution in [3.05, 3.63) is 6.20 Å². The van der Waals surface area contributed by atoms with E-state index in [4.69, 9.17) is 5.73 Å². The fourth-order valence-corrected chi connectivity index (χ4v) is 2.01. The van der Waals surface area contributed by atoms with E-state index < -0.39 is 12.2 Å². The minimum absolute atomic E-state index is 0.395. The van der Waals surface area contributed by atoms with Crippen molar-refractivity contribution in [2.24, 2.45) is 0 Å². The molecule has 2 unspecified atom stereocenters. The Bertz CT molecular complexity index is 368. The zero-order chi connectivity index (χ0) is 14.3. The molecule has 0 fully saturated rings. The lowest BCUT2D eigenvalue weighted by Gasteiger charge is -2.16. The van der Waals surface area contributed by atoms with E-state index in [9.17, 15) is 10.2 Å². The van der Waals surface area contributed by atoms with Crippen LogP contribution < -0.4 is 11.1 Å². The van der Waals surface area contributed by atoms with E-state index in [0.29, 0.717) is 24.6 Å². The number of rotatable bonds is 9. The second-order valence-corrected chi connectivity index (χ2v) is 4.90. The molecule has 6 heteroatoms. The third kappa shape index (κ3) is 5.08. The summed E-state index contributed by atoms with van der Waals surface area (Å²) < 4.78 is 1.66. The maximum absolute atomic E-state index is 9.82. The quantitative estimate of drug-likeness (QED) is 0.540. The van der Waals surface area contributed by atoms with Gasteiger partial charge in [0.1, 0.15) is 5.82 Å². The summed E-state index contributed by atoms with van der Waals surface area (Å²) in [6, 6.07) is 0. The van der Waals surface area contributed by atoms with Crippen molar-refractivity contribution in [3.63, 3.8) is 0 Å². The van der Waals surface area contributed by atoms with Gasteiger partial charge in [0.05, 0.1) is 30.6 Å². The summed E-state index contributed by atoms with van der Waals surface area (Å²) in [6.07, 6.45) is 4.09. The van der Waals surface area contributed by atoms with Crippen molar-refractivity contribution in [2.45, 2.75) is 58.3 Å². The third-order valence-corrected chi connectivity index (χ3v) is 3.00. The summed E-state index contributed by atoms with van der Waals surface area (Å²) in [6.45, 7) is 4.91. The van der Waals surface area contributed by atoms with Crippen LogP contribution in [0.25, 0.3) is 0 Å². The second-order valence-electron chi connectivity index (χ2n) is 4.90. The van der Waals surface area contributed by atoms with Crippen LogP contribution in [0.4, 0.5) is 11.5 Å². The molecule has 0 amide bonds. The Labute approximate surface area is 114 Å². The molecule has 110 valence electrons. The predicted octanol–water partition coefficient (Wildman–Crippen LogP) is 1.20. The number of nitrogens with two attached hydrogens (primary N) is 1. The summed E-state index contributed by atoms with van der Waals surface area (Å²) in [5.74, 6) is 0.672. The highest BCUT2D eigenvalue weighted by molar-refractivity contribution is 5.60. The lowest BCUT2D eigenvalue weighted by Crippen LogP contribution is -2.23. The Balaban J connectivity index is 2.59. The number of hydrogen-bond acceptors (Lipinski definition) is 5. The maximum atomic E-state index is 9.82. The Morgan fingerprint density at radius 2 is 1.89 bits per heavy atom. The van der Waals surface area contributed by atoms with E-state index in [1.54, 1.807) is 10.9 Å². The Morgan fingerprint density at radius 3 is 2.53 bits per heavy atom. The first-order chi connectivity index (χ1) is 9.08. The normalized spacial score (nSPS) is 14.3. The lowest BCUT2D eigenvalue weighted by atomic mass is 10.2. The molecule has 0 aliphatic heterocycles. The van der Waals surface area contributed by atoms with Crippen molar-refractivity contribution < 1.29 is 10.2 Å². The number of nitrogens with zero attached hydrogens (tertiary/aromatic N) is 2. The molecular weight excluding hydrogens is 244 g/mol. The van der Waals surface area contributed by atoms with Crippen molar-refractivity contribution in [1.29, 1.82) is 0 Å². The van der Waals surface area contributed by atoms with E-state index in [1.807, 2.05) is 13.8 Å². The molecule has 1 aromatic rings. The highest BCUT2D eigenvalue weighted by atomic mass is 16.3. The van der Waals surface area contributed by atoms with E-state index in [-0.39, 0.29) is 0 Å². The van der Waals surface area contributed by atoms with Gasteiger partial charge in [0, 0.05) is 6.54 Å². The SMILES string of the molecule is CCCC(O)CNc1c(N)cnn1CC(O)CCC. The van der Waals surface area contributed by atoms with Gasteiger partial charge in [-0.3, -0.25) is 0 Å². The van der Waals surface area contributed by atoms with Crippen molar-refractivity contribution in [2.75, 3.05) is 17.6 Å². The van der Waals surface area contributed by atoms with Crippen LogP contribution >= 0.6 is 0 Å². The van der Waals surface area contributed by atoms with Crippen LogP contribution in [0.3, 0.4) is 0 Å². The minimum Gasteiger partial charge on any atom is -0.394 e. The van der Waals surface area contributed by atoms with Crippen LogP contribution in [0.1, 0.15) is 39.5 Å². The molecule has 2 atom stereocenters. The molecule has 0 bridgehead atoms. The van der Waals surface area contributed by atoms with Gasteiger partial charge >= 0.3 is 0 Å². The number of nitrogen functional groups attached to an aromatic ring is 1. The standard InChI is InChI=1S/C13H26N4O2/c1-3-5-10(18)7-15-13-12(14)8-16-17(13)9-11(19)6-4-2/h8,10-11,15,18-19H,3-7,9,14H2,1-2H3. The van der Waals surface area contributed by atoms with Crippen molar-refractivity contribution >= 4 is 11.5 Å². The van der Waals surface area contributed by atoms with Gasteiger partial charge in [-0.05, 0) is 12.8 Å². The van der Waals surface area contributed by atoms with E-state index in [2.05, 4.69) is 10.4 Å². The maximum Gasteiger partial charge on any atom is 0.147 e. The zero-order valence-corrected chi connectivity index (χ0v) is 11.8. The smallest absolute Gasteiger partial charge is 0.147 e. The van der Waals surface area contributed by atoms with Gasteiger partial charge in [0.25, 0.3) is 0 Å². The second kappa shape index (κ2) is 8.01. The van der Waals surface area contributed by atoms with Crippen LogP contribution in [0, 0.1) is 0 Å². The highest BCUT2D eigenvalue weighted by Crippen LogP contribution is 2.18. The van der Waals surface area contributed by atoms with E-state index >= 15 is 0 Å². The van der Waals surface area contributed by atoms with E-state index in [0.717, 1.165) is 25.7 Å². The van der Waals surface area contributed by atoms with Gasteiger partial charge < -0.3 is 21.3 Å². The first-order valence-electron chi connectivity index (χ1n) is 6.99. The molecule has 5 N–H and O–H groups in total. The summed E-state index contributed by atoms with van der Waals surface area (Å²) in [4.78, 5) is 0. The number of aliphatic hydroxyl groups is 2. The van der Waals surface area contributed by atoms with Gasteiger partial charge in [-0.15, -0.1) is 0 Å².